The molecule has 0 bridgehead atoms. The fraction of sp³-hybridized carbons (Fsp3) is 0.647. The van der Waals surface area contributed by atoms with Gasteiger partial charge in [0.05, 0.1) is 12.7 Å². The monoisotopic (exact) mass is 363 g/mol. The molecule has 142 valence electrons. The molecule has 2 fully saturated rings. The largest absolute Gasteiger partial charge is 0.450 e. The number of piperazine rings is 1. The highest BCUT2D eigenvalue weighted by atomic mass is 16.6. The standard InChI is InChI=1S/C17H25N5O4/c1-2-25-17(24)22-9-7-21(8-10-22)16-18-6-5-14(20-16)15(23)19-12-13-4-3-11-26-13/h5-6,13H,2-4,7-12H2,1H3,(H,19,23). The molecule has 0 saturated carbocycles. The van der Waals surface area contributed by atoms with Crippen LogP contribution in [-0.4, -0.2) is 78.9 Å². The highest BCUT2D eigenvalue weighted by molar-refractivity contribution is 5.92. The van der Waals surface area contributed by atoms with E-state index in [4.69, 9.17) is 9.47 Å². The van der Waals surface area contributed by atoms with Crippen LogP contribution in [0, 0.1) is 0 Å². The van der Waals surface area contributed by atoms with Crippen molar-refractivity contribution >= 4 is 17.9 Å². The molecule has 9 heteroatoms. The molecule has 2 saturated heterocycles. The van der Waals surface area contributed by atoms with Crippen LogP contribution in [0.1, 0.15) is 30.3 Å². The van der Waals surface area contributed by atoms with Crippen molar-refractivity contribution in [2.45, 2.75) is 25.9 Å². The van der Waals surface area contributed by atoms with Crippen molar-refractivity contribution in [3.8, 4) is 0 Å². The number of nitrogens with one attached hydrogen (secondary N) is 1. The van der Waals surface area contributed by atoms with Gasteiger partial charge in [0.2, 0.25) is 5.95 Å². The van der Waals surface area contributed by atoms with Crippen molar-refractivity contribution in [2.24, 2.45) is 0 Å². The minimum atomic E-state index is -0.296. The van der Waals surface area contributed by atoms with Crippen LogP contribution in [0.4, 0.5) is 10.7 Å². The third-order valence-corrected chi connectivity index (χ3v) is 4.48. The number of rotatable bonds is 5. The maximum atomic E-state index is 12.3. The number of aromatic nitrogens is 2. The van der Waals surface area contributed by atoms with E-state index in [0.717, 1.165) is 19.4 Å². The van der Waals surface area contributed by atoms with Crippen LogP contribution in [0.25, 0.3) is 0 Å². The lowest BCUT2D eigenvalue weighted by molar-refractivity contribution is 0.0853. The Morgan fingerprint density at radius 1 is 1.35 bits per heavy atom. The maximum absolute atomic E-state index is 12.3. The summed E-state index contributed by atoms with van der Waals surface area (Å²) in [7, 11) is 0. The third kappa shape index (κ3) is 4.60. The van der Waals surface area contributed by atoms with Crippen molar-refractivity contribution in [3.63, 3.8) is 0 Å². The second-order valence-electron chi connectivity index (χ2n) is 6.26. The van der Waals surface area contributed by atoms with Crippen molar-refractivity contribution in [3.05, 3.63) is 18.0 Å². The van der Waals surface area contributed by atoms with E-state index in [0.29, 0.717) is 51.0 Å². The quantitative estimate of drug-likeness (QED) is 0.821. The Bertz CT molecular complexity index is 627. The van der Waals surface area contributed by atoms with Gasteiger partial charge in [0.25, 0.3) is 5.91 Å². The molecule has 1 unspecified atom stereocenters. The molecule has 1 N–H and O–H groups in total. The summed E-state index contributed by atoms with van der Waals surface area (Å²) in [6.07, 6.45) is 3.39. The lowest BCUT2D eigenvalue weighted by Gasteiger charge is -2.34. The molecule has 0 aromatic carbocycles. The summed E-state index contributed by atoms with van der Waals surface area (Å²) in [5, 5.41) is 2.86. The van der Waals surface area contributed by atoms with Crippen LogP contribution < -0.4 is 10.2 Å². The molecule has 3 rings (SSSR count). The number of nitrogens with zero attached hydrogens (tertiary/aromatic N) is 4. The number of carbonyl (C=O) groups is 2. The minimum Gasteiger partial charge on any atom is -0.450 e. The van der Waals surface area contributed by atoms with Crippen LogP contribution in [0.2, 0.25) is 0 Å². The Balaban J connectivity index is 1.54. The summed E-state index contributed by atoms with van der Waals surface area (Å²) in [5.74, 6) is 0.271. The van der Waals surface area contributed by atoms with Crippen LogP contribution in [0.5, 0.6) is 0 Å². The van der Waals surface area contributed by atoms with Gasteiger partial charge in [-0.15, -0.1) is 0 Å². The molecule has 3 heterocycles. The highest BCUT2D eigenvalue weighted by Crippen LogP contribution is 2.13. The van der Waals surface area contributed by atoms with Gasteiger partial charge in [0.15, 0.2) is 0 Å². The summed E-state index contributed by atoms with van der Waals surface area (Å²) in [4.78, 5) is 36.3. The molecular weight excluding hydrogens is 338 g/mol. The molecule has 2 aliphatic rings. The average Bonchev–Trinajstić information content (AvgIpc) is 3.20. The Labute approximate surface area is 152 Å². The van der Waals surface area contributed by atoms with E-state index in [-0.39, 0.29) is 18.1 Å². The van der Waals surface area contributed by atoms with Crippen LogP contribution in [0.15, 0.2) is 12.3 Å². The molecule has 1 atom stereocenters. The van der Waals surface area contributed by atoms with Gasteiger partial charge in [0.1, 0.15) is 5.69 Å². The molecule has 0 radical (unpaired) electrons. The molecule has 0 spiro atoms. The predicted octanol–water partition coefficient (Wildman–Crippen LogP) is 0.664. The normalized spacial score (nSPS) is 20.1. The first kappa shape index (κ1) is 18.4. The summed E-state index contributed by atoms with van der Waals surface area (Å²) < 4.78 is 10.5. The minimum absolute atomic E-state index is 0.0937. The Morgan fingerprint density at radius 2 is 2.15 bits per heavy atom. The summed E-state index contributed by atoms with van der Waals surface area (Å²) in [6, 6.07) is 1.60. The van der Waals surface area contributed by atoms with Gasteiger partial charge in [-0.2, -0.15) is 0 Å². The lowest BCUT2D eigenvalue weighted by atomic mass is 10.2. The highest BCUT2D eigenvalue weighted by Gasteiger charge is 2.24. The van der Waals surface area contributed by atoms with Gasteiger partial charge in [0, 0.05) is 45.5 Å². The number of hydrogen-bond donors (Lipinski definition) is 1. The van der Waals surface area contributed by atoms with Gasteiger partial charge in [-0.05, 0) is 25.8 Å². The maximum Gasteiger partial charge on any atom is 0.409 e. The number of carbonyl (C=O) groups excluding carboxylic acids is 2. The number of amides is 2. The SMILES string of the molecule is CCOC(=O)N1CCN(c2nccc(C(=O)NCC3CCCO3)n2)CC1. The van der Waals surface area contributed by atoms with Crippen molar-refractivity contribution in [1.29, 1.82) is 0 Å². The summed E-state index contributed by atoms with van der Waals surface area (Å²) in [6.45, 7) is 5.68. The fourth-order valence-corrected chi connectivity index (χ4v) is 3.03. The lowest BCUT2D eigenvalue weighted by Crippen LogP contribution is -2.49. The second kappa shape index (κ2) is 8.79. The zero-order chi connectivity index (χ0) is 18.4. The fourth-order valence-electron chi connectivity index (χ4n) is 3.03. The number of hydrogen-bond acceptors (Lipinski definition) is 7. The topological polar surface area (TPSA) is 96.9 Å². The third-order valence-electron chi connectivity index (χ3n) is 4.48. The smallest absolute Gasteiger partial charge is 0.409 e. The molecule has 2 aliphatic heterocycles. The van der Waals surface area contributed by atoms with E-state index in [1.54, 1.807) is 24.1 Å². The summed E-state index contributed by atoms with van der Waals surface area (Å²) in [5.41, 5.74) is 0.334. The first-order valence-corrected chi connectivity index (χ1v) is 9.07. The zero-order valence-corrected chi connectivity index (χ0v) is 15.0. The van der Waals surface area contributed by atoms with Gasteiger partial charge < -0.3 is 24.6 Å². The van der Waals surface area contributed by atoms with Crippen LogP contribution >= 0.6 is 0 Å². The van der Waals surface area contributed by atoms with Gasteiger partial charge in [-0.25, -0.2) is 14.8 Å². The molecule has 9 nitrogen and oxygen atoms in total. The van der Waals surface area contributed by atoms with Crippen molar-refractivity contribution in [1.82, 2.24) is 20.2 Å². The van der Waals surface area contributed by atoms with Crippen molar-refractivity contribution < 1.29 is 19.1 Å². The van der Waals surface area contributed by atoms with Crippen LogP contribution in [0.3, 0.4) is 0 Å². The molecular formula is C17H25N5O4. The Kier molecular flexibility index (Phi) is 6.21. The van der Waals surface area contributed by atoms with E-state index < -0.39 is 0 Å². The number of ether oxygens (including phenoxy) is 2. The first-order valence-electron chi connectivity index (χ1n) is 9.07. The Morgan fingerprint density at radius 3 is 2.85 bits per heavy atom. The van der Waals surface area contributed by atoms with E-state index in [2.05, 4.69) is 15.3 Å². The predicted molar refractivity (Wildman–Crippen MR) is 94.1 cm³/mol. The molecule has 1 aromatic heterocycles. The van der Waals surface area contributed by atoms with Crippen molar-refractivity contribution in [2.75, 3.05) is 50.8 Å². The van der Waals surface area contributed by atoms with E-state index in [9.17, 15) is 9.59 Å². The molecule has 1 aromatic rings. The van der Waals surface area contributed by atoms with E-state index in [1.807, 2.05) is 4.90 Å². The van der Waals surface area contributed by atoms with E-state index in [1.165, 1.54) is 0 Å². The second-order valence-corrected chi connectivity index (χ2v) is 6.26. The summed E-state index contributed by atoms with van der Waals surface area (Å²) >= 11 is 0. The van der Waals surface area contributed by atoms with Gasteiger partial charge >= 0.3 is 6.09 Å². The molecule has 26 heavy (non-hydrogen) atoms. The Hall–Kier alpha value is -2.42. The average molecular weight is 363 g/mol. The first-order chi connectivity index (χ1) is 12.7. The van der Waals surface area contributed by atoms with Gasteiger partial charge in [-0.1, -0.05) is 0 Å². The van der Waals surface area contributed by atoms with Gasteiger partial charge in [-0.3, -0.25) is 4.79 Å². The van der Waals surface area contributed by atoms with E-state index >= 15 is 0 Å². The molecule has 2 amide bonds. The number of anilines is 1. The molecule has 0 aliphatic carbocycles. The zero-order valence-electron chi connectivity index (χ0n) is 15.0. The van der Waals surface area contributed by atoms with Crippen LogP contribution in [-0.2, 0) is 9.47 Å².